The first-order valence-electron chi connectivity index (χ1n) is 8.49. The van der Waals surface area contributed by atoms with Crippen LogP contribution in [0.3, 0.4) is 0 Å². The van der Waals surface area contributed by atoms with E-state index in [1.54, 1.807) is 0 Å². The van der Waals surface area contributed by atoms with Crippen LogP contribution in [-0.2, 0) is 0 Å². The highest BCUT2D eigenvalue weighted by atomic mass is 16.3. The third-order valence-electron chi connectivity index (χ3n) is 4.84. The third-order valence-corrected chi connectivity index (χ3v) is 4.84. The van der Waals surface area contributed by atoms with Crippen LogP contribution in [0.5, 0.6) is 0 Å². The van der Waals surface area contributed by atoms with Crippen molar-refractivity contribution in [2.75, 3.05) is 32.8 Å². The first-order valence-corrected chi connectivity index (χ1v) is 8.49. The summed E-state index contributed by atoms with van der Waals surface area (Å²) >= 11 is 0. The summed E-state index contributed by atoms with van der Waals surface area (Å²) in [5, 5.41) is 12.9. The SMILES string of the molecule is CCNC(C)(CO)CCCCN1CCCC(C)(C)CC1. The van der Waals surface area contributed by atoms with Gasteiger partial charge in [0.25, 0.3) is 0 Å². The van der Waals surface area contributed by atoms with Crippen molar-refractivity contribution < 1.29 is 5.11 Å². The van der Waals surface area contributed by atoms with Crippen molar-refractivity contribution in [3.8, 4) is 0 Å². The second-order valence-electron chi connectivity index (χ2n) is 7.57. The number of likely N-dealkylation sites (N-methyl/N-ethyl adjacent to an activating group) is 1. The van der Waals surface area contributed by atoms with Gasteiger partial charge < -0.3 is 15.3 Å². The molecule has 120 valence electrons. The van der Waals surface area contributed by atoms with Crippen LogP contribution in [-0.4, -0.2) is 48.3 Å². The maximum atomic E-state index is 9.49. The molecule has 0 radical (unpaired) electrons. The van der Waals surface area contributed by atoms with Crippen LogP contribution < -0.4 is 5.32 Å². The standard InChI is InChI=1S/C17H36N2O/c1-5-18-17(4,15-20)10-6-7-12-19-13-8-9-16(2,3)11-14-19/h18,20H,5-15H2,1-4H3. The Morgan fingerprint density at radius 3 is 2.60 bits per heavy atom. The molecule has 1 saturated heterocycles. The van der Waals surface area contributed by atoms with Gasteiger partial charge in [-0.05, 0) is 70.6 Å². The number of hydrogen-bond acceptors (Lipinski definition) is 3. The van der Waals surface area contributed by atoms with E-state index in [0.717, 1.165) is 13.0 Å². The fourth-order valence-electron chi connectivity index (χ4n) is 3.20. The van der Waals surface area contributed by atoms with E-state index in [1.807, 2.05) is 0 Å². The van der Waals surface area contributed by atoms with Crippen molar-refractivity contribution >= 4 is 0 Å². The molecule has 0 amide bonds. The summed E-state index contributed by atoms with van der Waals surface area (Å²) in [6.07, 6.45) is 7.56. The van der Waals surface area contributed by atoms with E-state index in [9.17, 15) is 5.11 Å². The minimum Gasteiger partial charge on any atom is -0.394 e. The minimum atomic E-state index is -0.0878. The van der Waals surface area contributed by atoms with Crippen molar-refractivity contribution in [3.05, 3.63) is 0 Å². The molecule has 1 fully saturated rings. The van der Waals surface area contributed by atoms with Crippen LogP contribution >= 0.6 is 0 Å². The van der Waals surface area contributed by atoms with Crippen LogP contribution in [0.1, 0.15) is 66.2 Å². The number of aliphatic hydroxyl groups excluding tert-OH is 1. The van der Waals surface area contributed by atoms with E-state index < -0.39 is 0 Å². The van der Waals surface area contributed by atoms with E-state index in [1.165, 1.54) is 51.7 Å². The average Bonchev–Trinajstić information content (AvgIpc) is 2.56. The van der Waals surface area contributed by atoms with Gasteiger partial charge in [0.05, 0.1) is 6.61 Å². The lowest BCUT2D eigenvalue weighted by Crippen LogP contribution is -2.45. The molecule has 1 unspecified atom stereocenters. The maximum absolute atomic E-state index is 9.49. The van der Waals surface area contributed by atoms with Gasteiger partial charge in [-0.3, -0.25) is 0 Å². The Balaban J connectivity index is 2.20. The zero-order valence-electron chi connectivity index (χ0n) is 14.2. The largest absolute Gasteiger partial charge is 0.394 e. The van der Waals surface area contributed by atoms with Crippen LogP contribution in [0.4, 0.5) is 0 Å². The van der Waals surface area contributed by atoms with Gasteiger partial charge in [-0.25, -0.2) is 0 Å². The van der Waals surface area contributed by atoms with E-state index in [0.29, 0.717) is 5.41 Å². The maximum Gasteiger partial charge on any atom is 0.0610 e. The van der Waals surface area contributed by atoms with Crippen molar-refractivity contribution in [1.82, 2.24) is 10.2 Å². The van der Waals surface area contributed by atoms with Gasteiger partial charge in [0.1, 0.15) is 0 Å². The van der Waals surface area contributed by atoms with Crippen molar-refractivity contribution in [3.63, 3.8) is 0 Å². The molecular weight excluding hydrogens is 248 g/mol. The molecule has 1 aliphatic heterocycles. The lowest BCUT2D eigenvalue weighted by atomic mass is 9.85. The van der Waals surface area contributed by atoms with Crippen LogP contribution in [0.25, 0.3) is 0 Å². The molecule has 1 aliphatic rings. The summed E-state index contributed by atoms with van der Waals surface area (Å²) < 4.78 is 0. The van der Waals surface area contributed by atoms with E-state index in [4.69, 9.17) is 0 Å². The zero-order valence-corrected chi connectivity index (χ0v) is 14.2. The van der Waals surface area contributed by atoms with E-state index in [-0.39, 0.29) is 12.1 Å². The lowest BCUT2D eigenvalue weighted by Gasteiger charge is -2.29. The highest BCUT2D eigenvalue weighted by molar-refractivity contribution is 4.82. The normalized spacial score (nSPS) is 23.2. The Labute approximate surface area is 126 Å². The molecular formula is C17H36N2O. The molecule has 3 heteroatoms. The fourth-order valence-corrected chi connectivity index (χ4v) is 3.20. The highest BCUT2D eigenvalue weighted by Gasteiger charge is 2.23. The number of likely N-dealkylation sites (tertiary alicyclic amines) is 1. The number of aliphatic hydroxyl groups is 1. The highest BCUT2D eigenvalue weighted by Crippen LogP contribution is 2.29. The smallest absolute Gasteiger partial charge is 0.0610 e. The number of nitrogens with one attached hydrogen (secondary N) is 1. The van der Waals surface area contributed by atoms with Crippen LogP contribution in [0.2, 0.25) is 0 Å². The summed E-state index contributed by atoms with van der Waals surface area (Å²) in [6.45, 7) is 14.0. The van der Waals surface area contributed by atoms with Gasteiger partial charge in [0.2, 0.25) is 0 Å². The summed E-state index contributed by atoms with van der Waals surface area (Å²) in [5.74, 6) is 0. The van der Waals surface area contributed by atoms with E-state index >= 15 is 0 Å². The summed E-state index contributed by atoms with van der Waals surface area (Å²) in [6, 6.07) is 0. The summed E-state index contributed by atoms with van der Waals surface area (Å²) in [4.78, 5) is 2.64. The molecule has 0 spiro atoms. The van der Waals surface area contributed by atoms with Gasteiger partial charge in [0, 0.05) is 5.54 Å². The predicted octanol–water partition coefficient (Wildman–Crippen LogP) is 3.03. The molecule has 0 aromatic rings. The predicted molar refractivity (Wildman–Crippen MR) is 87.1 cm³/mol. The first-order chi connectivity index (χ1) is 9.41. The molecule has 1 rings (SSSR count). The second-order valence-corrected chi connectivity index (χ2v) is 7.57. The molecule has 0 aromatic carbocycles. The number of hydrogen-bond donors (Lipinski definition) is 2. The van der Waals surface area contributed by atoms with Crippen molar-refractivity contribution in [1.29, 1.82) is 0 Å². The van der Waals surface area contributed by atoms with Gasteiger partial charge in [0.15, 0.2) is 0 Å². The van der Waals surface area contributed by atoms with E-state index in [2.05, 4.69) is 37.9 Å². The first kappa shape index (κ1) is 17.9. The molecule has 0 bridgehead atoms. The van der Waals surface area contributed by atoms with Gasteiger partial charge in [-0.2, -0.15) is 0 Å². The molecule has 0 aromatic heterocycles. The number of rotatable bonds is 8. The molecule has 3 nitrogen and oxygen atoms in total. The lowest BCUT2D eigenvalue weighted by molar-refractivity contribution is 0.162. The Kier molecular flexibility index (Phi) is 7.49. The molecule has 2 N–H and O–H groups in total. The molecule has 1 heterocycles. The molecule has 1 atom stereocenters. The number of unbranched alkanes of at least 4 members (excludes halogenated alkanes) is 1. The third kappa shape index (κ3) is 6.55. The zero-order chi connectivity index (χ0) is 15.1. The van der Waals surface area contributed by atoms with Crippen molar-refractivity contribution in [2.24, 2.45) is 5.41 Å². The fraction of sp³-hybridized carbons (Fsp3) is 1.00. The van der Waals surface area contributed by atoms with Gasteiger partial charge in [-0.15, -0.1) is 0 Å². The Morgan fingerprint density at radius 2 is 1.95 bits per heavy atom. The molecule has 0 saturated carbocycles. The number of nitrogens with zero attached hydrogens (tertiary/aromatic N) is 1. The Morgan fingerprint density at radius 1 is 1.20 bits per heavy atom. The van der Waals surface area contributed by atoms with Crippen LogP contribution in [0, 0.1) is 5.41 Å². The monoisotopic (exact) mass is 284 g/mol. The summed E-state index contributed by atoms with van der Waals surface area (Å²) in [5.41, 5.74) is 0.449. The van der Waals surface area contributed by atoms with Gasteiger partial charge >= 0.3 is 0 Å². The van der Waals surface area contributed by atoms with Gasteiger partial charge in [-0.1, -0.05) is 27.2 Å². The molecule has 0 aliphatic carbocycles. The topological polar surface area (TPSA) is 35.5 Å². The Bertz CT molecular complexity index is 268. The minimum absolute atomic E-state index is 0.0878. The Hall–Kier alpha value is -0.120. The van der Waals surface area contributed by atoms with Crippen LogP contribution in [0.15, 0.2) is 0 Å². The quantitative estimate of drug-likeness (QED) is 0.673. The molecule has 20 heavy (non-hydrogen) atoms. The summed E-state index contributed by atoms with van der Waals surface area (Å²) in [7, 11) is 0. The average molecular weight is 284 g/mol. The van der Waals surface area contributed by atoms with Crippen molar-refractivity contribution in [2.45, 2.75) is 71.8 Å². The second kappa shape index (κ2) is 8.35.